The van der Waals surface area contributed by atoms with Gasteiger partial charge >= 0.3 is 0 Å². The number of aryl methyl sites for hydroxylation is 1. The van der Waals surface area contributed by atoms with Crippen LogP contribution in [0.1, 0.15) is 37.8 Å². The predicted molar refractivity (Wildman–Crippen MR) is 124 cm³/mol. The maximum Gasteiger partial charge on any atom is 0.230 e. The number of hydrogen-bond acceptors (Lipinski definition) is 5. The van der Waals surface area contributed by atoms with Gasteiger partial charge in [-0.1, -0.05) is 47.1 Å². The van der Waals surface area contributed by atoms with Crippen molar-refractivity contribution in [3.8, 4) is 5.69 Å². The molecule has 0 fully saturated rings. The second-order valence-electron chi connectivity index (χ2n) is 7.57. The standard InChI is InChI=1S/C22H25ClN6OS/c1-14-19-20(24)29(17-10-6-5-9-16(17)23)22(26-21(19)28-27-14)31-13-18(30)25-12-11-15-7-3-2-4-8-15/h5-7,9-10,24H,2-4,8,11-13H2,1H3,(H,25,30)(H,27,28). The van der Waals surface area contributed by atoms with Crippen molar-refractivity contribution in [2.24, 2.45) is 0 Å². The number of carbonyl (C=O) groups is 1. The molecule has 0 unspecified atom stereocenters. The molecule has 7 nitrogen and oxygen atoms in total. The molecule has 1 aromatic carbocycles. The normalized spacial score (nSPS) is 13.9. The van der Waals surface area contributed by atoms with E-state index in [1.165, 1.54) is 30.2 Å². The van der Waals surface area contributed by atoms with E-state index in [0.717, 1.165) is 25.0 Å². The number of aromatic nitrogens is 4. The summed E-state index contributed by atoms with van der Waals surface area (Å²) in [6.45, 7) is 2.50. The Morgan fingerprint density at radius 3 is 2.97 bits per heavy atom. The molecule has 1 aliphatic rings. The third kappa shape index (κ3) is 4.85. The van der Waals surface area contributed by atoms with E-state index in [-0.39, 0.29) is 17.1 Å². The van der Waals surface area contributed by atoms with Gasteiger partial charge in [0.1, 0.15) is 5.49 Å². The fourth-order valence-corrected chi connectivity index (χ4v) is 4.81. The largest absolute Gasteiger partial charge is 0.355 e. The van der Waals surface area contributed by atoms with Gasteiger partial charge in [0, 0.05) is 12.2 Å². The molecule has 2 heterocycles. The van der Waals surface area contributed by atoms with E-state index in [2.05, 4.69) is 26.6 Å². The molecule has 0 aliphatic heterocycles. The number of amides is 1. The Balaban J connectivity index is 1.53. The Bertz CT molecular complexity index is 1200. The molecule has 4 rings (SSSR count). The summed E-state index contributed by atoms with van der Waals surface area (Å²) in [6.07, 6.45) is 8.01. The molecule has 1 amide bonds. The van der Waals surface area contributed by atoms with Gasteiger partial charge in [0.25, 0.3) is 0 Å². The van der Waals surface area contributed by atoms with E-state index >= 15 is 0 Å². The van der Waals surface area contributed by atoms with Crippen LogP contribution in [0.25, 0.3) is 16.7 Å². The zero-order chi connectivity index (χ0) is 21.8. The quantitative estimate of drug-likeness (QED) is 0.280. The van der Waals surface area contributed by atoms with E-state index in [0.29, 0.717) is 33.4 Å². The fourth-order valence-electron chi connectivity index (χ4n) is 3.76. The van der Waals surface area contributed by atoms with Crippen LogP contribution >= 0.6 is 23.4 Å². The van der Waals surface area contributed by atoms with Crippen LogP contribution in [0.4, 0.5) is 0 Å². The lowest BCUT2D eigenvalue weighted by atomic mass is 9.97. The number of allylic oxidation sites excluding steroid dienone is 1. The lowest BCUT2D eigenvalue weighted by Crippen LogP contribution is -2.27. The molecule has 3 aromatic rings. The molecule has 0 saturated heterocycles. The molecular formula is C22H25ClN6OS. The van der Waals surface area contributed by atoms with Crippen LogP contribution in [0.5, 0.6) is 0 Å². The molecule has 2 aromatic heterocycles. The lowest BCUT2D eigenvalue weighted by molar-refractivity contribution is -0.118. The summed E-state index contributed by atoms with van der Waals surface area (Å²) in [5.74, 6) is 0.143. The zero-order valence-electron chi connectivity index (χ0n) is 17.4. The van der Waals surface area contributed by atoms with Crippen molar-refractivity contribution in [2.45, 2.75) is 44.2 Å². The molecule has 0 atom stereocenters. The van der Waals surface area contributed by atoms with Crippen molar-refractivity contribution < 1.29 is 4.79 Å². The van der Waals surface area contributed by atoms with Crippen LogP contribution in [0, 0.1) is 12.3 Å². The van der Waals surface area contributed by atoms with Crippen LogP contribution in [0.2, 0.25) is 5.02 Å². The lowest BCUT2D eigenvalue weighted by Gasteiger charge is -2.15. The maximum absolute atomic E-state index is 12.4. The van der Waals surface area contributed by atoms with Gasteiger partial charge in [-0.25, -0.2) is 4.98 Å². The van der Waals surface area contributed by atoms with Gasteiger partial charge in [-0.3, -0.25) is 19.9 Å². The third-order valence-electron chi connectivity index (χ3n) is 5.36. The molecule has 9 heteroatoms. The van der Waals surface area contributed by atoms with Gasteiger partial charge in [0.15, 0.2) is 10.8 Å². The van der Waals surface area contributed by atoms with Gasteiger partial charge in [-0.15, -0.1) is 0 Å². The molecule has 1 aliphatic carbocycles. The summed E-state index contributed by atoms with van der Waals surface area (Å²) in [5.41, 5.74) is 3.54. The molecule has 162 valence electrons. The Hall–Kier alpha value is -2.58. The fraction of sp³-hybridized carbons (Fsp3) is 0.364. The van der Waals surface area contributed by atoms with E-state index in [9.17, 15) is 4.79 Å². The summed E-state index contributed by atoms with van der Waals surface area (Å²) in [6, 6.07) is 7.32. The summed E-state index contributed by atoms with van der Waals surface area (Å²) in [5, 5.41) is 20.5. The average Bonchev–Trinajstić information content (AvgIpc) is 3.15. The van der Waals surface area contributed by atoms with Crippen molar-refractivity contribution in [1.82, 2.24) is 25.1 Å². The smallest absolute Gasteiger partial charge is 0.230 e. The number of H-pyrrole nitrogens is 1. The third-order valence-corrected chi connectivity index (χ3v) is 6.62. The van der Waals surface area contributed by atoms with Gasteiger partial charge in [-0.2, -0.15) is 5.10 Å². The van der Waals surface area contributed by atoms with Crippen LogP contribution in [-0.4, -0.2) is 38.0 Å². The first-order valence-corrected chi connectivity index (χ1v) is 11.8. The first-order valence-electron chi connectivity index (χ1n) is 10.4. The Morgan fingerprint density at radius 1 is 1.35 bits per heavy atom. The number of nitrogens with one attached hydrogen (secondary N) is 3. The molecule has 0 spiro atoms. The van der Waals surface area contributed by atoms with Crippen molar-refractivity contribution in [3.05, 3.63) is 52.1 Å². The minimum absolute atomic E-state index is 0.0567. The topological polar surface area (TPSA) is 99.4 Å². The Kier molecular flexibility index (Phi) is 6.77. The number of carbonyl (C=O) groups excluding carboxylic acids is 1. The van der Waals surface area contributed by atoms with Crippen molar-refractivity contribution >= 4 is 40.3 Å². The highest BCUT2D eigenvalue weighted by Crippen LogP contribution is 2.26. The van der Waals surface area contributed by atoms with E-state index in [1.807, 2.05) is 25.1 Å². The SMILES string of the molecule is Cc1[nH]nc2nc(SCC(=O)NCCC3=CCCCC3)n(-c3ccccc3Cl)c(=N)c12. The van der Waals surface area contributed by atoms with Gasteiger partial charge in [0.05, 0.1) is 21.8 Å². The van der Waals surface area contributed by atoms with Gasteiger partial charge < -0.3 is 5.32 Å². The number of hydrogen-bond donors (Lipinski definition) is 3. The zero-order valence-corrected chi connectivity index (χ0v) is 18.9. The molecular weight excluding hydrogens is 432 g/mol. The van der Waals surface area contributed by atoms with E-state index in [1.54, 1.807) is 10.6 Å². The number of halogens is 1. The van der Waals surface area contributed by atoms with Crippen molar-refractivity contribution in [1.29, 1.82) is 5.41 Å². The second-order valence-corrected chi connectivity index (χ2v) is 8.92. The van der Waals surface area contributed by atoms with E-state index < -0.39 is 0 Å². The maximum atomic E-state index is 12.4. The van der Waals surface area contributed by atoms with Crippen molar-refractivity contribution in [2.75, 3.05) is 12.3 Å². The van der Waals surface area contributed by atoms with Crippen LogP contribution in [0.3, 0.4) is 0 Å². The average molecular weight is 457 g/mol. The van der Waals surface area contributed by atoms with Crippen molar-refractivity contribution in [3.63, 3.8) is 0 Å². The molecule has 0 saturated carbocycles. The number of thioether (sulfide) groups is 1. The van der Waals surface area contributed by atoms with Crippen LogP contribution in [0.15, 0.2) is 41.1 Å². The summed E-state index contributed by atoms with van der Waals surface area (Å²) < 4.78 is 1.68. The summed E-state index contributed by atoms with van der Waals surface area (Å²) in [4.78, 5) is 17.1. The highest BCUT2D eigenvalue weighted by atomic mass is 35.5. The van der Waals surface area contributed by atoms with Gasteiger partial charge in [-0.05, 0) is 51.2 Å². The van der Waals surface area contributed by atoms with Crippen LogP contribution < -0.4 is 10.8 Å². The predicted octanol–water partition coefficient (Wildman–Crippen LogP) is 4.29. The minimum atomic E-state index is -0.0567. The minimum Gasteiger partial charge on any atom is -0.355 e. The van der Waals surface area contributed by atoms with E-state index in [4.69, 9.17) is 17.0 Å². The first-order chi connectivity index (χ1) is 15.0. The second kappa shape index (κ2) is 9.70. The first kappa shape index (κ1) is 21.6. The molecule has 3 N–H and O–H groups in total. The highest BCUT2D eigenvalue weighted by molar-refractivity contribution is 7.99. The molecule has 0 radical (unpaired) electrons. The molecule has 0 bridgehead atoms. The summed E-state index contributed by atoms with van der Waals surface area (Å²) in [7, 11) is 0. The van der Waals surface area contributed by atoms with Crippen LogP contribution in [-0.2, 0) is 4.79 Å². The monoisotopic (exact) mass is 456 g/mol. The summed E-state index contributed by atoms with van der Waals surface area (Å²) >= 11 is 7.70. The highest BCUT2D eigenvalue weighted by Gasteiger charge is 2.17. The number of rotatable bonds is 7. The molecule has 31 heavy (non-hydrogen) atoms. The number of benzene rings is 1. The van der Waals surface area contributed by atoms with Gasteiger partial charge in [0.2, 0.25) is 5.91 Å². The Labute approximate surface area is 189 Å². The Morgan fingerprint density at radius 2 is 2.19 bits per heavy atom. The number of aromatic amines is 1. The number of fused-ring (bicyclic) bond motifs is 1. The number of nitrogens with zero attached hydrogens (tertiary/aromatic N) is 3. The number of para-hydroxylation sites is 1.